The van der Waals surface area contributed by atoms with Gasteiger partial charge in [-0.05, 0) is 135 Å². The summed E-state index contributed by atoms with van der Waals surface area (Å²) < 4.78 is 16.8. The lowest BCUT2D eigenvalue weighted by Gasteiger charge is -2.18. The Bertz CT molecular complexity index is 1630. The van der Waals surface area contributed by atoms with Crippen molar-refractivity contribution in [2.75, 3.05) is 13.2 Å². The van der Waals surface area contributed by atoms with Crippen LogP contribution < -0.4 is 0 Å². The van der Waals surface area contributed by atoms with Crippen LogP contribution in [-0.2, 0) is 28.6 Å². The van der Waals surface area contributed by atoms with Gasteiger partial charge in [0.25, 0.3) is 0 Å². The van der Waals surface area contributed by atoms with Crippen LogP contribution in [-0.4, -0.2) is 37.2 Å². The fourth-order valence-electron chi connectivity index (χ4n) is 7.45. The van der Waals surface area contributed by atoms with Gasteiger partial charge in [-0.15, -0.1) is 0 Å². The van der Waals surface area contributed by atoms with Gasteiger partial charge in [-0.3, -0.25) is 14.4 Å². The van der Waals surface area contributed by atoms with Gasteiger partial charge in [-0.25, -0.2) is 0 Å². The number of esters is 3. The molecule has 0 aromatic heterocycles. The molecule has 6 nitrogen and oxygen atoms in total. The number of hydrogen-bond donors (Lipinski definition) is 0. The van der Waals surface area contributed by atoms with Gasteiger partial charge in [0, 0.05) is 19.3 Å². The SMILES string of the molecule is CC/C=C\C/C=C\C/C=C\C/C=C\C/C=C\C/C=C\C/C=C\C/C=C\CCCCC(=O)OCC(COC(=O)CCCCCCC/C=C\CCCC)OC(=O)CCCCCCCCC/C=C\C/C=C\C/C=C\CC. The molecule has 73 heavy (non-hydrogen) atoms. The van der Waals surface area contributed by atoms with E-state index in [0.717, 1.165) is 148 Å². The summed E-state index contributed by atoms with van der Waals surface area (Å²) in [6.07, 6.45) is 85.6. The summed E-state index contributed by atoms with van der Waals surface area (Å²) in [7, 11) is 0. The summed E-state index contributed by atoms with van der Waals surface area (Å²) >= 11 is 0. The number of carbonyl (C=O) groups excluding carboxylic acids is 3. The van der Waals surface area contributed by atoms with Gasteiger partial charge < -0.3 is 14.2 Å². The minimum atomic E-state index is -0.811. The Hall–Kier alpha value is -4.71. The maximum Gasteiger partial charge on any atom is 0.306 e. The van der Waals surface area contributed by atoms with Crippen molar-refractivity contribution < 1.29 is 28.6 Å². The smallest absolute Gasteiger partial charge is 0.306 e. The van der Waals surface area contributed by atoms with Crippen molar-refractivity contribution in [1.82, 2.24) is 0 Å². The van der Waals surface area contributed by atoms with E-state index < -0.39 is 6.10 Å². The van der Waals surface area contributed by atoms with E-state index in [2.05, 4.69) is 167 Å². The van der Waals surface area contributed by atoms with E-state index >= 15 is 0 Å². The third kappa shape index (κ3) is 58.1. The first kappa shape index (κ1) is 68.3. The molecule has 0 saturated carbocycles. The molecular formula is C67H106O6. The normalized spacial score (nSPS) is 13.2. The maximum absolute atomic E-state index is 12.8. The predicted molar refractivity (Wildman–Crippen MR) is 315 cm³/mol. The van der Waals surface area contributed by atoms with Crippen LogP contribution in [0, 0.1) is 0 Å². The zero-order valence-corrected chi connectivity index (χ0v) is 46.8. The molecule has 0 amide bonds. The molecule has 0 N–H and O–H groups in total. The van der Waals surface area contributed by atoms with E-state index in [1.54, 1.807) is 0 Å². The predicted octanol–water partition coefficient (Wildman–Crippen LogP) is 20.0. The highest BCUT2D eigenvalue weighted by Gasteiger charge is 2.19. The molecule has 1 unspecified atom stereocenters. The van der Waals surface area contributed by atoms with E-state index in [0.29, 0.717) is 25.7 Å². The molecule has 410 valence electrons. The lowest BCUT2D eigenvalue weighted by atomic mass is 10.1. The average molecular weight is 1010 g/mol. The Kier molecular flexibility index (Phi) is 56.0. The lowest BCUT2D eigenvalue weighted by Crippen LogP contribution is -2.30. The molecule has 0 heterocycles. The van der Waals surface area contributed by atoms with Crippen molar-refractivity contribution >= 4 is 17.9 Å². The highest BCUT2D eigenvalue weighted by Crippen LogP contribution is 2.13. The number of carbonyl (C=O) groups is 3. The molecule has 0 fully saturated rings. The Morgan fingerprint density at radius 3 is 0.877 bits per heavy atom. The van der Waals surface area contributed by atoms with Crippen molar-refractivity contribution in [3.8, 4) is 0 Å². The molecule has 0 radical (unpaired) electrons. The Morgan fingerprint density at radius 1 is 0.288 bits per heavy atom. The summed E-state index contributed by atoms with van der Waals surface area (Å²) in [4.78, 5) is 38.1. The molecule has 0 spiro atoms. The zero-order valence-electron chi connectivity index (χ0n) is 46.8. The highest BCUT2D eigenvalue weighted by molar-refractivity contribution is 5.71. The summed E-state index contributed by atoms with van der Waals surface area (Å²) in [5, 5.41) is 0. The van der Waals surface area contributed by atoms with Gasteiger partial charge in [0.05, 0.1) is 0 Å². The topological polar surface area (TPSA) is 78.9 Å². The van der Waals surface area contributed by atoms with Crippen LogP contribution in [0.5, 0.6) is 0 Å². The van der Waals surface area contributed by atoms with Crippen LogP contribution in [0.2, 0.25) is 0 Å². The van der Waals surface area contributed by atoms with Gasteiger partial charge in [-0.1, -0.05) is 231 Å². The van der Waals surface area contributed by atoms with Gasteiger partial charge >= 0.3 is 17.9 Å². The number of unbranched alkanes of at least 4 members (excludes halogenated alkanes) is 16. The van der Waals surface area contributed by atoms with Crippen molar-refractivity contribution in [1.29, 1.82) is 0 Å². The molecule has 1 atom stereocenters. The lowest BCUT2D eigenvalue weighted by molar-refractivity contribution is -0.167. The van der Waals surface area contributed by atoms with Crippen LogP contribution in [0.1, 0.15) is 239 Å². The minimum Gasteiger partial charge on any atom is -0.462 e. The third-order valence-corrected chi connectivity index (χ3v) is 11.8. The number of ether oxygens (including phenoxy) is 3. The molecule has 0 aliphatic carbocycles. The van der Waals surface area contributed by atoms with Crippen LogP contribution >= 0.6 is 0 Å². The Balaban J connectivity index is 4.43. The highest BCUT2D eigenvalue weighted by atomic mass is 16.6. The van der Waals surface area contributed by atoms with Crippen LogP contribution in [0.4, 0.5) is 0 Å². The molecule has 6 heteroatoms. The monoisotopic (exact) mass is 1010 g/mol. The number of allylic oxidation sites excluding steroid dienone is 24. The van der Waals surface area contributed by atoms with E-state index in [1.165, 1.54) is 44.9 Å². The fraction of sp³-hybridized carbons (Fsp3) is 0.597. The third-order valence-electron chi connectivity index (χ3n) is 11.8. The second-order valence-electron chi connectivity index (χ2n) is 18.8. The largest absolute Gasteiger partial charge is 0.462 e. The Labute approximate surface area is 448 Å². The Morgan fingerprint density at radius 2 is 0.534 bits per heavy atom. The number of hydrogen-bond acceptors (Lipinski definition) is 6. The van der Waals surface area contributed by atoms with Crippen LogP contribution in [0.15, 0.2) is 146 Å². The van der Waals surface area contributed by atoms with Crippen LogP contribution in [0.25, 0.3) is 0 Å². The fourth-order valence-corrected chi connectivity index (χ4v) is 7.45. The summed E-state index contributed by atoms with van der Waals surface area (Å²) in [6.45, 7) is 6.31. The summed E-state index contributed by atoms with van der Waals surface area (Å²) in [5.74, 6) is -0.977. The molecule has 0 aromatic carbocycles. The second kappa shape index (κ2) is 59.8. The second-order valence-corrected chi connectivity index (χ2v) is 18.8. The standard InChI is InChI=1S/C67H106O6/c1-4-7-10-13-16-19-22-24-26-28-29-30-31-32-33-34-35-36-37-39-40-42-45-48-51-54-57-60-66(69)72-63-64(62-71-65(68)59-56-53-50-47-44-21-18-15-12-9-6-3)73-67(70)61-58-55-52-49-46-43-41-38-27-25-23-20-17-14-11-8-5-2/h7-8,10-11,15-20,24-27,29-30,32-33,35-36,39-40,45,48,64H,4-6,9,12-14,21-23,28,31,34,37-38,41-44,46-47,49-63H2,1-3H3/b10-7-,11-8-,18-15-,19-16-,20-17-,26-24-,27-25-,30-29-,33-32-,36-35-,40-39-,48-45-. The quantitative estimate of drug-likeness (QED) is 0.0261. The van der Waals surface area contributed by atoms with Crippen molar-refractivity contribution in [2.45, 2.75) is 245 Å². The van der Waals surface area contributed by atoms with Crippen molar-refractivity contribution in [2.24, 2.45) is 0 Å². The van der Waals surface area contributed by atoms with Gasteiger partial charge in [-0.2, -0.15) is 0 Å². The molecule has 0 saturated heterocycles. The first-order valence-electron chi connectivity index (χ1n) is 29.3. The van der Waals surface area contributed by atoms with Crippen molar-refractivity contribution in [3.63, 3.8) is 0 Å². The number of rotatable bonds is 51. The molecule has 0 aliphatic heterocycles. The molecular weight excluding hydrogens is 901 g/mol. The van der Waals surface area contributed by atoms with Crippen LogP contribution in [0.3, 0.4) is 0 Å². The van der Waals surface area contributed by atoms with E-state index in [9.17, 15) is 14.4 Å². The first-order valence-corrected chi connectivity index (χ1v) is 29.3. The van der Waals surface area contributed by atoms with E-state index in [-0.39, 0.29) is 31.1 Å². The minimum absolute atomic E-state index is 0.106. The average Bonchev–Trinajstić information content (AvgIpc) is 3.39. The van der Waals surface area contributed by atoms with Gasteiger partial charge in [0.1, 0.15) is 13.2 Å². The molecule has 0 aliphatic rings. The van der Waals surface area contributed by atoms with Crippen molar-refractivity contribution in [3.05, 3.63) is 146 Å². The summed E-state index contributed by atoms with van der Waals surface area (Å²) in [5.41, 5.74) is 0. The zero-order chi connectivity index (χ0) is 52.9. The first-order chi connectivity index (χ1) is 36.0. The molecule has 0 rings (SSSR count). The van der Waals surface area contributed by atoms with Gasteiger partial charge in [0.15, 0.2) is 6.10 Å². The summed E-state index contributed by atoms with van der Waals surface area (Å²) in [6, 6.07) is 0. The van der Waals surface area contributed by atoms with E-state index in [4.69, 9.17) is 14.2 Å². The maximum atomic E-state index is 12.8. The molecule has 0 aromatic rings. The van der Waals surface area contributed by atoms with Gasteiger partial charge in [0.2, 0.25) is 0 Å². The van der Waals surface area contributed by atoms with E-state index in [1.807, 2.05) is 0 Å². The molecule has 0 bridgehead atoms.